The van der Waals surface area contributed by atoms with Crippen molar-refractivity contribution in [3.8, 4) is 28.2 Å². The highest BCUT2D eigenvalue weighted by Gasteiger charge is 2.15. The standard InChI is InChI=1S/C22H18ClN3O2S/c1-15-4-2-3-5-20(15)22-14-21(16-6-8-17(23)9-7-16)25-26(22)18-10-12-19(13-11-18)29(24,27)28/h2-14H,1H3,(H2,24,27,28). The Bertz CT molecular complexity index is 1280. The molecule has 5 nitrogen and oxygen atoms in total. The number of halogens is 1. The number of hydrogen-bond donors (Lipinski definition) is 1. The quantitative estimate of drug-likeness (QED) is 0.511. The second-order valence-corrected chi connectivity index (χ2v) is 8.69. The number of nitrogens with zero attached hydrogens (tertiary/aromatic N) is 2. The lowest BCUT2D eigenvalue weighted by molar-refractivity contribution is 0.598. The lowest BCUT2D eigenvalue weighted by atomic mass is 10.0. The summed E-state index contributed by atoms with van der Waals surface area (Å²) >= 11 is 6.01. The number of sulfonamides is 1. The highest BCUT2D eigenvalue weighted by molar-refractivity contribution is 7.89. The van der Waals surface area contributed by atoms with E-state index in [1.807, 2.05) is 61.5 Å². The lowest BCUT2D eigenvalue weighted by Gasteiger charge is -2.10. The molecule has 0 atom stereocenters. The number of nitrogens with two attached hydrogens (primary N) is 1. The van der Waals surface area contributed by atoms with Gasteiger partial charge >= 0.3 is 0 Å². The molecule has 4 rings (SSSR count). The molecule has 1 aromatic heterocycles. The first-order valence-electron chi connectivity index (χ1n) is 8.88. The molecule has 0 fully saturated rings. The maximum Gasteiger partial charge on any atom is 0.238 e. The van der Waals surface area contributed by atoms with Gasteiger partial charge in [-0.1, -0.05) is 48.0 Å². The molecule has 0 bridgehead atoms. The molecule has 0 saturated heterocycles. The van der Waals surface area contributed by atoms with Crippen LogP contribution in [0.3, 0.4) is 0 Å². The molecule has 1 heterocycles. The molecular formula is C22H18ClN3O2S. The zero-order valence-electron chi connectivity index (χ0n) is 15.6. The van der Waals surface area contributed by atoms with Crippen molar-refractivity contribution in [2.75, 3.05) is 0 Å². The third kappa shape index (κ3) is 3.96. The number of hydrogen-bond acceptors (Lipinski definition) is 3. The van der Waals surface area contributed by atoms with Crippen LogP contribution in [0.25, 0.3) is 28.2 Å². The fourth-order valence-corrected chi connectivity index (χ4v) is 3.81. The molecule has 0 amide bonds. The normalized spacial score (nSPS) is 11.6. The first-order chi connectivity index (χ1) is 13.8. The van der Waals surface area contributed by atoms with Crippen molar-refractivity contribution in [1.29, 1.82) is 0 Å². The predicted octanol–water partition coefficient (Wildman–Crippen LogP) is 4.82. The Hall–Kier alpha value is -2.93. The molecule has 0 unspecified atom stereocenters. The summed E-state index contributed by atoms with van der Waals surface area (Å²) in [6.45, 7) is 2.04. The van der Waals surface area contributed by atoms with Crippen molar-refractivity contribution in [2.45, 2.75) is 11.8 Å². The molecule has 2 N–H and O–H groups in total. The largest absolute Gasteiger partial charge is 0.238 e. The van der Waals surface area contributed by atoms with E-state index >= 15 is 0 Å². The Labute approximate surface area is 174 Å². The molecule has 3 aromatic carbocycles. The highest BCUT2D eigenvalue weighted by Crippen LogP contribution is 2.31. The molecule has 0 spiro atoms. The van der Waals surface area contributed by atoms with Crippen LogP contribution in [-0.2, 0) is 10.0 Å². The first-order valence-corrected chi connectivity index (χ1v) is 10.8. The number of aromatic nitrogens is 2. The maximum absolute atomic E-state index is 11.6. The first kappa shape index (κ1) is 19.4. The molecule has 29 heavy (non-hydrogen) atoms. The Balaban J connectivity index is 1.89. The third-order valence-electron chi connectivity index (χ3n) is 4.68. The van der Waals surface area contributed by atoms with Crippen LogP contribution in [0.5, 0.6) is 0 Å². The van der Waals surface area contributed by atoms with Gasteiger partial charge in [-0.25, -0.2) is 18.2 Å². The summed E-state index contributed by atoms with van der Waals surface area (Å²) in [6, 6.07) is 23.9. The summed E-state index contributed by atoms with van der Waals surface area (Å²) < 4.78 is 25.0. The van der Waals surface area contributed by atoms with Gasteiger partial charge in [-0.3, -0.25) is 0 Å². The van der Waals surface area contributed by atoms with E-state index in [1.54, 1.807) is 16.8 Å². The monoisotopic (exact) mass is 423 g/mol. The fraction of sp³-hybridized carbons (Fsp3) is 0.0455. The average molecular weight is 424 g/mol. The summed E-state index contributed by atoms with van der Waals surface area (Å²) in [5.74, 6) is 0. The number of primary sulfonamides is 1. The van der Waals surface area contributed by atoms with Crippen LogP contribution in [0, 0.1) is 6.92 Å². The maximum atomic E-state index is 11.6. The van der Waals surface area contributed by atoms with Gasteiger partial charge in [0.2, 0.25) is 10.0 Å². The topological polar surface area (TPSA) is 78.0 Å². The van der Waals surface area contributed by atoms with Crippen LogP contribution in [0.15, 0.2) is 83.8 Å². The van der Waals surface area contributed by atoms with Crippen molar-refractivity contribution in [2.24, 2.45) is 5.14 Å². The van der Waals surface area contributed by atoms with E-state index < -0.39 is 10.0 Å². The van der Waals surface area contributed by atoms with E-state index in [0.717, 1.165) is 33.8 Å². The van der Waals surface area contributed by atoms with E-state index in [9.17, 15) is 8.42 Å². The van der Waals surface area contributed by atoms with Crippen LogP contribution < -0.4 is 5.14 Å². The Morgan fingerprint density at radius 2 is 1.59 bits per heavy atom. The highest BCUT2D eigenvalue weighted by atomic mass is 35.5. The second kappa shape index (κ2) is 7.48. The minimum Gasteiger partial charge on any atom is -0.232 e. The zero-order chi connectivity index (χ0) is 20.6. The van der Waals surface area contributed by atoms with Gasteiger partial charge in [0.05, 0.1) is 22.0 Å². The number of benzene rings is 3. The molecule has 0 aliphatic carbocycles. The third-order valence-corrected chi connectivity index (χ3v) is 5.86. The van der Waals surface area contributed by atoms with E-state index in [4.69, 9.17) is 21.8 Å². The van der Waals surface area contributed by atoms with Crippen LogP contribution in [0.1, 0.15) is 5.56 Å². The van der Waals surface area contributed by atoms with Gasteiger partial charge in [0.15, 0.2) is 0 Å². The van der Waals surface area contributed by atoms with E-state index in [-0.39, 0.29) is 4.90 Å². The van der Waals surface area contributed by atoms with E-state index in [0.29, 0.717) is 5.02 Å². The second-order valence-electron chi connectivity index (χ2n) is 6.69. The van der Waals surface area contributed by atoms with Gasteiger partial charge in [0.25, 0.3) is 0 Å². The molecule has 0 saturated carbocycles. The molecule has 0 radical (unpaired) electrons. The van der Waals surface area contributed by atoms with E-state index in [2.05, 4.69) is 0 Å². The van der Waals surface area contributed by atoms with Crippen molar-refractivity contribution >= 4 is 21.6 Å². The van der Waals surface area contributed by atoms with Crippen molar-refractivity contribution in [3.63, 3.8) is 0 Å². The van der Waals surface area contributed by atoms with Crippen molar-refractivity contribution in [1.82, 2.24) is 9.78 Å². The summed E-state index contributed by atoms with van der Waals surface area (Å²) in [7, 11) is -3.75. The fourth-order valence-electron chi connectivity index (χ4n) is 3.17. The van der Waals surface area contributed by atoms with Gasteiger partial charge in [0, 0.05) is 16.1 Å². The lowest BCUT2D eigenvalue weighted by Crippen LogP contribution is -2.12. The summed E-state index contributed by atoms with van der Waals surface area (Å²) in [6.07, 6.45) is 0. The van der Waals surface area contributed by atoms with Crippen molar-refractivity contribution in [3.05, 3.63) is 89.4 Å². The van der Waals surface area contributed by atoms with E-state index in [1.165, 1.54) is 12.1 Å². The molecule has 0 aliphatic rings. The number of rotatable bonds is 4. The number of aryl methyl sites for hydroxylation is 1. The molecule has 4 aromatic rings. The van der Waals surface area contributed by atoms with Gasteiger partial charge < -0.3 is 0 Å². The summed E-state index contributed by atoms with van der Waals surface area (Å²) in [4.78, 5) is 0.0590. The van der Waals surface area contributed by atoms with Crippen molar-refractivity contribution < 1.29 is 8.42 Å². The summed E-state index contributed by atoms with van der Waals surface area (Å²) in [5, 5.41) is 10.7. The smallest absolute Gasteiger partial charge is 0.232 e. The minimum absolute atomic E-state index is 0.0590. The van der Waals surface area contributed by atoms with Gasteiger partial charge in [-0.05, 0) is 55.0 Å². The Morgan fingerprint density at radius 3 is 2.21 bits per heavy atom. The molecule has 7 heteroatoms. The molecule has 146 valence electrons. The van der Waals surface area contributed by atoms with Gasteiger partial charge in [0.1, 0.15) is 0 Å². The van der Waals surface area contributed by atoms with Crippen LogP contribution >= 0.6 is 11.6 Å². The van der Waals surface area contributed by atoms with Crippen LogP contribution in [-0.4, -0.2) is 18.2 Å². The molecular weight excluding hydrogens is 406 g/mol. The minimum atomic E-state index is -3.75. The SMILES string of the molecule is Cc1ccccc1-c1cc(-c2ccc(Cl)cc2)nn1-c1ccc(S(N)(=O)=O)cc1. The Kier molecular flexibility index (Phi) is 5.00. The summed E-state index contributed by atoms with van der Waals surface area (Å²) in [5.41, 5.74) is 5.50. The molecule has 0 aliphatic heterocycles. The van der Waals surface area contributed by atoms with Gasteiger partial charge in [-0.15, -0.1) is 0 Å². The zero-order valence-corrected chi connectivity index (χ0v) is 17.2. The van der Waals surface area contributed by atoms with Crippen LogP contribution in [0.4, 0.5) is 0 Å². The average Bonchev–Trinajstić information content (AvgIpc) is 3.13. The Morgan fingerprint density at radius 1 is 0.931 bits per heavy atom. The predicted molar refractivity (Wildman–Crippen MR) is 116 cm³/mol. The van der Waals surface area contributed by atoms with Gasteiger partial charge in [-0.2, -0.15) is 5.10 Å². The van der Waals surface area contributed by atoms with Crippen LogP contribution in [0.2, 0.25) is 5.02 Å².